The van der Waals surface area contributed by atoms with Crippen LogP contribution in [-0.2, 0) is 9.47 Å². The Morgan fingerprint density at radius 2 is 1.84 bits per heavy atom. The van der Waals surface area contributed by atoms with Crippen LogP contribution in [0.15, 0.2) is 11.6 Å². The van der Waals surface area contributed by atoms with E-state index in [1.807, 2.05) is 0 Å². The zero-order chi connectivity index (χ0) is 17.3. The standard InChI is InChI=1S/C22H31NO2/c1-20-8-7-19-17(18(20)6-4-16(20)14-23)5-3-15-13-22(24-11-12-25-22)10-9-21(15,19)2/h3,16-19H,4-13H2,1-2H3/t16-,17+,18-,19+,20+,21-/m0/s1. The predicted octanol–water partition coefficient (Wildman–Crippen LogP) is 4.83. The molecule has 0 aromatic carbocycles. The molecule has 3 nitrogen and oxygen atoms in total. The van der Waals surface area contributed by atoms with Gasteiger partial charge < -0.3 is 9.47 Å². The Morgan fingerprint density at radius 1 is 1.04 bits per heavy atom. The molecule has 5 rings (SSSR count). The number of allylic oxidation sites excluding steroid dienone is 1. The van der Waals surface area contributed by atoms with Gasteiger partial charge in [-0.15, -0.1) is 0 Å². The maximum absolute atomic E-state index is 9.63. The lowest BCUT2D eigenvalue weighted by Gasteiger charge is -2.58. The van der Waals surface area contributed by atoms with Gasteiger partial charge in [0.1, 0.15) is 0 Å². The molecule has 5 aliphatic rings. The summed E-state index contributed by atoms with van der Waals surface area (Å²) in [5.41, 5.74) is 2.21. The number of nitriles is 1. The van der Waals surface area contributed by atoms with Crippen LogP contribution in [0.2, 0.25) is 0 Å². The summed E-state index contributed by atoms with van der Waals surface area (Å²) in [6.07, 6.45) is 11.9. The van der Waals surface area contributed by atoms with Gasteiger partial charge in [0.25, 0.3) is 0 Å². The van der Waals surface area contributed by atoms with Crippen molar-refractivity contribution in [2.45, 2.75) is 71.0 Å². The molecular weight excluding hydrogens is 310 g/mol. The molecule has 4 aliphatic carbocycles. The second kappa shape index (κ2) is 5.33. The SMILES string of the molecule is C[C@]12CC[C@@H]3[C@H](CC=C4CC5(CC[C@@]43C)OCCO5)[C@@H]1CC[C@H]2C#N. The van der Waals surface area contributed by atoms with Gasteiger partial charge in [-0.3, -0.25) is 0 Å². The normalized spacial score (nSPS) is 50.5. The third-order valence-electron chi connectivity index (χ3n) is 9.08. The lowest BCUT2D eigenvalue weighted by molar-refractivity contribution is -0.185. The van der Waals surface area contributed by atoms with Crippen LogP contribution in [0.25, 0.3) is 0 Å². The van der Waals surface area contributed by atoms with Gasteiger partial charge in [0, 0.05) is 12.8 Å². The van der Waals surface area contributed by atoms with Crippen LogP contribution in [-0.4, -0.2) is 19.0 Å². The second-order valence-electron chi connectivity index (χ2n) is 9.85. The maximum atomic E-state index is 9.63. The van der Waals surface area contributed by atoms with Crippen LogP contribution in [0.1, 0.15) is 65.2 Å². The highest BCUT2D eigenvalue weighted by molar-refractivity contribution is 5.27. The molecule has 0 aromatic heterocycles. The van der Waals surface area contributed by atoms with Crippen LogP contribution < -0.4 is 0 Å². The Balaban J connectivity index is 1.45. The first-order chi connectivity index (χ1) is 12.0. The van der Waals surface area contributed by atoms with E-state index in [1.54, 1.807) is 5.57 Å². The maximum Gasteiger partial charge on any atom is 0.172 e. The number of hydrogen-bond donors (Lipinski definition) is 0. The molecule has 0 radical (unpaired) electrons. The Labute approximate surface area is 151 Å². The van der Waals surface area contributed by atoms with Gasteiger partial charge in [-0.05, 0) is 67.1 Å². The highest BCUT2D eigenvalue weighted by Crippen LogP contribution is 2.66. The van der Waals surface area contributed by atoms with E-state index >= 15 is 0 Å². The molecule has 1 spiro atoms. The van der Waals surface area contributed by atoms with Crippen molar-refractivity contribution in [2.24, 2.45) is 34.5 Å². The van der Waals surface area contributed by atoms with Crippen LogP contribution >= 0.6 is 0 Å². The van der Waals surface area contributed by atoms with Crippen molar-refractivity contribution in [1.29, 1.82) is 5.26 Å². The molecule has 6 atom stereocenters. The van der Waals surface area contributed by atoms with Crippen molar-refractivity contribution in [3.05, 3.63) is 11.6 Å². The lowest BCUT2D eigenvalue weighted by Crippen LogP contribution is -2.52. The first-order valence-corrected chi connectivity index (χ1v) is 10.4. The Kier molecular flexibility index (Phi) is 3.48. The minimum absolute atomic E-state index is 0.269. The zero-order valence-electron chi connectivity index (χ0n) is 15.7. The molecule has 0 aromatic rings. The molecule has 1 saturated heterocycles. The molecule has 1 heterocycles. The first kappa shape index (κ1) is 16.3. The van der Waals surface area contributed by atoms with E-state index in [2.05, 4.69) is 26.0 Å². The summed E-state index contributed by atoms with van der Waals surface area (Å²) >= 11 is 0. The number of rotatable bonds is 0. The van der Waals surface area contributed by atoms with E-state index in [0.29, 0.717) is 5.41 Å². The summed E-state index contributed by atoms with van der Waals surface area (Å²) in [7, 11) is 0. The molecule has 0 unspecified atom stereocenters. The quantitative estimate of drug-likeness (QED) is 0.593. The van der Waals surface area contributed by atoms with E-state index in [-0.39, 0.29) is 17.1 Å². The molecule has 3 heteroatoms. The van der Waals surface area contributed by atoms with Crippen molar-refractivity contribution in [3.8, 4) is 6.07 Å². The lowest BCUT2D eigenvalue weighted by atomic mass is 9.47. The summed E-state index contributed by atoms with van der Waals surface area (Å²) in [6.45, 7) is 6.46. The van der Waals surface area contributed by atoms with Crippen LogP contribution in [0.4, 0.5) is 0 Å². The summed E-state index contributed by atoms with van der Waals surface area (Å²) in [5.74, 6) is 2.31. The molecule has 0 bridgehead atoms. The molecule has 0 amide bonds. The van der Waals surface area contributed by atoms with Crippen LogP contribution in [0, 0.1) is 45.8 Å². The molecule has 3 saturated carbocycles. The topological polar surface area (TPSA) is 42.2 Å². The van der Waals surface area contributed by atoms with Gasteiger partial charge >= 0.3 is 0 Å². The molecule has 25 heavy (non-hydrogen) atoms. The fourth-order valence-corrected chi connectivity index (χ4v) is 7.56. The second-order valence-corrected chi connectivity index (χ2v) is 9.85. The minimum Gasteiger partial charge on any atom is -0.347 e. The van der Waals surface area contributed by atoms with Gasteiger partial charge in [0.05, 0.1) is 25.2 Å². The average molecular weight is 341 g/mol. The Hall–Kier alpha value is -0.850. The highest BCUT2D eigenvalue weighted by atomic mass is 16.7. The average Bonchev–Trinajstić information content (AvgIpc) is 3.19. The molecule has 136 valence electrons. The van der Waals surface area contributed by atoms with Gasteiger partial charge in [-0.2, -0.15) is 5.26 Å². The van der Waals surface area contributed by atoms with E-state index in [4.69, 9.17) is 9.47 Å². The summed E-state index contributed by atoms with van der Waals surface area (Å²) in [5, 5.41) is 9.63. The number of nitrogens with zero attached hydrogens (tertiary/aromatic N) is 1. The third kappa shape index (κ3) is 2.10. The van der Waals surface area contributed by atoms with Crippen LogP contribution in [0.5, 0.6) is 0 Å². The summed E-state index contributed by atoms with van der Waals surface area (Å²) in [4.78, 5) is 0. The fraction of sp³-hybridized carbons (Fsp3) is 0.864. The van der Waals surface area contributed by atoms with E-state index in [0.717, 1.165) is 50.2 Å². The monoisotopic (exact) mass is 341 g/mol. The van der Waals surface area contributed by atoms with Gasteiger partial charge in [0.15, 0.2) is 5.79 Å². The number of hydrogen-bond acceptors (Lipinski definition) is 3. The first-order valence-electron chi connectivity index (χ1n) is 10.4. The molecule has 1 aliphatic heterocycles. The Bertz CT molecular complexity index is 643. The predicted molar refractivity (Wildman–Crippen MR) is 95.4 cm³/mol. The van der Waals surface area contributed by atoms with Crippen LogP contribution in [0.3, 0.4) is 0 Å². The third-order valence-corrected chi connectivity index (χ3v) is 9.08. The van der Waals surface area contributed by atoms with Crippen molar-refractivity contribution < 1.29 is 9.47 Å². The van der Waals surface area contributed by atoms with Gasteiger partial charge in [0.2, 0.25) is 0 Å². The van der Waals surface area contributed by atoms with Crippen molar-refractivity contribution in [2.75, 3.05) is 13.2 Å². The van der Waals surface area contributed by atoms with Crippen molar-refractivity contribution in [3.63, 3.8) is 0 Å². The smallest absolute Gasteiger partial charge is 0.172 e. The largest absolute Gasteiger partial charge is 0.347 e. The van der Waals surface area contributed by atoms with Gasteiger partial charge in [-0.1, -0.05) is 25.5 Å². The summed E-state index contributed by atoms with van der Waals surface area (Å²) < 4.78 is 12.1. The summed E-state index contributed by atoms with van der Waals surface area (Å²) in [6, 6.07) is 2.65. The number of fused-ring (bicyclic) bond motifs is 5. The Morgan fingerprint density at radius 3 is 2.60 bits per heavy atom. The van der Waals surface area contributed by atoms with E-state index in [9.17, 15) is 5.26 Å². The van der Waals surface area contributed by atoms with Gasteiger partial charge in [-0.25, -0.2) is 0 Å². The molecule has 4 fully saturated rings. The molecular formula is C22H31NO2. The minimum atomic E-state index is -0.305. The van der Waals surface area contributed by atoms with Crippen molar-refractivity contribution >= 4 is 0 Å². The zero-order valence-corrected chi connectivity index (χ0v) is 15.7. The van der Waals surface area contributed by atoms with E-state index in [1.165, 1.54) is 32.1 Å². The van der Waals surface area contributed by atoms with Crippen molar-refractivity contribution in [1.82, 2.24) is 0 Å². The fourth-order valence-electron chi connectivity index (χ4n) is 7.56. The number of ether oxygens (including phenoxy) is 2. The highest BCUT2D eigenvalue weighted by Gasteiger charge is 2.60. The van der Waals surface area contributed by atoms with E-state index < -0.39 is 0 Å². The molecule has 0 N–H and O–H groups in total.